The van der Waals surface area contributed by atoms with E-state index in [4.69, 9.17) is 15.2 Å². The molecule has 3 amide bonds. The van der Waals surface area contributed by atoms with E-state index in [1.54, 1.807) is 26.2 Å². The molecule has 0 saturated carbocycles. The number of anilines is 2. The fourth-order valence-electron chi connectivity index (χ4n) is 7.93. The minimum atomic E-state index is -1.02. The Morgan fingerprint density at radius 1 is 0.438 bits per heavy atom. The van der Waals surface area contributed by atoms with Crippen molar-refractivity contribution >= 4 is 78.5 Å². The van der Waals surface area contributed by atoms with Crippen LogP contribution in [0.4, 0.5) is 21.0 Å². The van der Waals surface area contributed by atoms with Crippen molar-refractivity contribution in [2.75, 3.05) is 23.9 Å². The summed E-state index contributed by atoms with van der Waals surface area (Å²) in [5.74, 6) is -1.55. The summed E-state index contributed by atoms with van der Waals surface area (Å²) in [6.07, 6.45) is -0.985. The standard InChI is InChI=1S/C27H26N2O3.C27H25NO4/c1-27(2,3)32-26(31)29(4)22-16-14-18-10-6-8-12-20(18)24(22)23-19-11-7-5-9-17(19)13-15-21(23)25(28)30;1-27(2,3)32-26(31)28(4)22-16-14-18-10-6-8-12-20(18)24(22)23-19-11-7-5-9-17(19)13-15-21(23)25(29)30/h5-16H,1-4H3,(H2,28,30);5-16H,1-4H3,(H,29,30). The summed E-state index contributed by atoms with van der Waals surface area (Å²) < 4.78 is 11.2. The zero-order chi connectivity index (χ0) is 46.1. The van der Waals surface area contributed by atoms with Crippen molar-refractivity contribution in [1.29, 1.82) is 0 Å². The molecule has 0 aliphatic rings. The SMILES string of the molecule is CN(C(=O)OC(C)(C)C)c1ccc2ccccc2c1-c1c(C(=O)O)ccc2ccccc12.CN(C(=O)OC(C)(C)C)c1ccc2ccccc2c1-c1c(C(N)=O)ccc2ccccc12. The number of ether oxygens (including phenoxy) is 2. The lowest BCUT2D eigenvalue weighted by Gasteiger charge is -2.27. The largest absolute Gasteiger partial charge is 0.478 e. The number of carbonyl (C=O) groups is 4. The summed E-state index contributed by atoms with van der Waals surface area (Å²) in [5.41, 5.74) is 9.05. The maximum atomic E-state index is 13.0. The number of hydrogen-bond acceptors (Lipinski definition) is 6. The van der Waals surface area contributed by atoms with Crippen molar-refractivity contribution in [1.82, 2.24) is 0 Å². The third kappa shape index (κ3) is 9.08. The number of amides is 3. The first-order chi connectivity index (χ1) is 30.3. The molecule has 0 unspecified atom stereocenters. The van der Waals surface area contributed by atoms with Crippen molar-refractivity contribution < 1.29 is 33.8 Å². The normalized spacial score (nSPS) is 11.5. The van der Waals surface area contributed by atoms with Crippen LogP contribution in [0.5, 0.6) is 0 Å². The van der Waals surface area contributed by atoms with Gasteiger partial charge in [0.05, 0.1) is 16.9 Å². The van der Waals surface area contributed by atoms with Gasteiger partial charge >= 0.3 is 18.2 Å². The third-order valence-corrected chi connectivity index (χ3v) is 10.7. The molecular formula is C54H51N3O7. The quantitative estimate of drug-likeness (QED) is 0.170. The van der Waals surface area contributed by atoms with E-state index in [1.165, 1.54) is 9.80 Å². The van der Waals surface area contributed by atoms with Crippen LogP contribution in [-0.2, 0) is 9.47 Å². The molecule has 0 aliphatic heterocycles. The summed E-state index contributed by atoms with van der Waals surface area (Å²) >= 11 is 0. The highest BCUT2D eigenvalue weighted by Crippen LogP contribution is 2.44. The lowest BCUT2D eigenvalue weighted by molar-refractivity contribution is 0.0578. The van der Waals surface area contributed by atoms with E-state index in [2.05, 4.69) is 0 Å². The Labute approximate surface area is 372 Å². The number of carboxylic acid groups (broad SMARTS) is 1. The van der Waals surface area contributed by atoms with Gasteiger partial charge in [-0.15, -0.1) is 0 Å². The molecule has 8 rings (SSSR count). The predicted molar refractivity (Wildman–Crippen MR) is 259 cm³/mol. The average molecular weight is 854 g/mol. The number of aromatic carboxylic acids is 1. The fraction of sp³-hybridized carbons (Fsp3) is 0.185. The zero-order valence-corrected chi connectivity index (χ0v) is 37.2. The predicted octanol–water partition coefficient (Wildman–Crippen LogP) is 12.9. The molecule has 10 nitrogen and oxygen atoms in total. The molecule has 0 aliphatic carbocycles. The van der Waals surface area contributed by atoms with E-state index in [9.17, 15) is 24.3 Å². The minimum Gasteiger partial charge on any atom is -0.478 e. The molecule has 8 aromatic carbocycles. The van der Waals surface area contributed by atoms with Crippen LogP contribution in [0.1, 0.15) is 62.3 Å². The van der Waals surface area contributed by atoms with Gasteiger partial charge in [-0.05, 0) is 109 Å². The Bertz CT molecular complexity index is 2910. The number of nitrogens with zero attached hydrogens (tertiary/aromatic N) is 2. The number of hydrogen-bond donors (Lipinski definition) is 2. The number of rotatable bonds is 6. The monoisotopic (exact) mass is 853 g/mol. The van der Waals surface area contributed by atoms with E-state index in [0.29, 0.717) is 33.6 Å². The molecule has 0 aromatic heterocycles. The average Bonchev–Trinajstić information content (AvgIpc) is 3.26. The van der Waals surface area contributed by atoms with Gasteiger partial charge in [0.2, 0.25) is 5.91 Å². The Kier molecular flexibility index (Phi) is 12.2. The van der Waals surface area contributed by atoms with Gasteiger partial charge in [0.25, 0.3) is 0 Å². The van der Waals surface area contributed by atoms with Crippen LogP contribution in [0.3, 0.4) is 0 Å². The fourth-order valence-corrected chi connectivity index (χ4v) is 7.93. The molecule has 0 saturated heterocycles. The highest BCUT2D eigenvalue weighted by atomic mass is 16.6. The molecule has 3 N–H and O–H groups in total. The number of nitrogens with two attached hydrogens (primary N) is 1. The zero-order valence-electron chi connectivity index (χ0n) is 37.2. The second-order valence-corrected chi connectivity index (χ2v) is 17.5. The highest BCUT2D eigenvalue weighted by molar-refractivity contribution is 6.19. The lowest BCUT2D eigenvalue weighted by atomic mass is 9.88. The Hall–Kier alpha value is -7.72. The van der Waals surface area contributed by atoms with Crippen molar-refractivity contribution in [3.63, 3.8) is 0 Å². The van der Waals surface area contributed by atoms with Crippen molar-refractivity contribution in [3.8, 4) is 22.3 Å². The molecular weight excluding hydrogens is 803 g/mol. The van der Waals surface area contributed by atoms with Crippen LogP contribution in [0.25, 0.3) is 65.3 Å². The number of benzene rings is 8. The third-order valence-electron chi connectivity index (χ3n) is 10.7. The lowest BCUT2D eigenvalue weighted by Crippen LogP contribution is -2.34. The van der Waals surface area contributed by atoms with Crippen molar-refractivity contribution in [2.24, 2.45) is 5.73 Å². The second-order valence-electron chi connectivity index (χ2n) is 17.5. The number of primary amides is 1. The van der Waals surface area contributed by atoms with E-state index in [-0.39, 0.29) is 5.56 Å². The van der Waals surface area contributed by atoms with Crippen molar-refractivity contribution in [2.45, 2.75) is 52.7 Å². The molecule has 0 radical (unpaired) electrons. The molecule has 10 heteroatoms. The van der Waals surface area contributed by atoms with Crippen LogP contribution < -0.4 is 15.5 Å². The molecule has 8 aromatic rings. The first kappa shape index (κ1) is 44.3. The first-order valence-corrected chi connectivity index (χ1v) is 20.9. The molecule has 0 fully saturated rings. The Morgan fingerprint density at radius 3 is 1.06 bits per heavy atom. The minimum absolute atomic E-state index is 0.180. The second kappa shape index (κ2) is 17.6. The van der Waals surface area contributed by atoms with Gasteiger partial charge in [0.1, 0.15) is 11.2 Å². The smallest absolute Gasteiger partial charge is 0.414 e. The maximum absolute atomic E-state index is 13.0. The summed E-state index contributed by atoms with van der Waals surface area (Å²) in [6.45, 7) is 10.9. The first-order valence-electron chi connectivity index (χ1n) is 20.9. The highest BCUT2D eigenvalue weighted by Gasteiger charge is 2.28. The van der Waals surface area contributed by atoms with Gasteiger partial charge < -0.3 is 20.3 Å². The van der Waals surface area contributed by atoms with Crippen LogP contribution in [0, 0.1) is 0 Å². The van der Waals surface area contributed by atoms with Crippen LogP contribution in [0.2, 0.25) is 0 Å². The van der Waals surface area contributed by atoms with Crippen LogP contribution in [0.15, 0.2) is 146 Å². The van der Waals surface area contributed by atoms with E-state index in [0.717, 1.165) is 48.7 Å². The number of fused-ring (bicyclic) bond motifs is 4. The summed E-state index contributed by atoms with van der Waals surface area (Å²) in [6, 6.07) is 45.9. The van der Waals surface area contributed by atoms with Gasteiger partial charge in [0.15, 0.2) is 0 Å². The van der Waals surface area contributed by atoms with Crippen LogP contribution in [-0.4, -0.2) is 54.5 Å². The molecule has 0 atom stereocenters. The summed E-state index contributed by atoms with van der Waals surface area (Å²) in [7, 11) is 3.32. The van der Waals surface area contributed by atoms with Gasteiger partial charge in [-0.3, -0.25) is 14.6 Å². The Morgan fingerprint density at radius 2 is 0.734 bits per heavy atom. The molecule has 0 spiro atoms. The molecule has 0 bridgehead atoms. The molecule has 0 heterocycles. The van der Waals surface area contributed by atoms with Gasteiger partial charge in [0, 0.05) is 41.9 Å². The topological polar surface area (TPSA) is 139 Å². The Balaban J connectivity index is 0.000000191. The summed E-state index contributed by atoms with van der Waals surface area (Å²) in [5, 5.41) is 17.4. The van der Waals surface area contributed by atoms with Crippen molar-refractivity contribution in [3.05, 3.63) is 157 Å². The van der Waals surface area contributed by atoms with Gasteiger partial charge in [-0.25, -0.2) is 14.4 Å². The van der Waals surface area contributed by atoms with Gasteiger partial charge in [-0.1, -0.05) is 121 Å². The summed E-state index contributed by atoms with van der Waals surface area (Å²) in [4.78, 5) is 53.6. The maximum Gasteiger partial charge on any atom is 0.414 e. The van der Waals surface area contributed by atoms with E-state index < -0.39 is 35.3 Å². The van der Waals surface area contributed by atoms with E-state index >= 15 is 0 Å². The number of carbonyl (C=O) groups excluding carboxylic acids is 3. The van der Waals surface area contributed by atoms with Gasteiger partial charge in [-0.2, -0.15) is 0 Å². The van der Waals surface area contributed by atoms with Crippen LogP contribution >= 0.6 is 0 Å². The number of carboxylic acids is 1. The van der Waals surface area contributed by atoms with E-state index in [1.807, 2.05) is 175 Å². The molecule has 64 heavy (non-hydrogen) atoms. The molecule has 324 valence electrons.